The Balaban J connectivity index is 1.55. The molecule has 3 rings (SSSR count). The van der Waals surface area contributed by atoms with Gasteiger partial charge in [0.2, 0.25) is 0 Å². The molecule has 0 saturated carbocycles. The first-order chi connectivity index (χ1) is 16.0. The van der Waals surface area contributed by atoms with Gasteiger partial charge in [-0.1, -0.05) is 12.8 Å². The Morgan fingerprint density at radius 2 is 1.82 bits per heavy atom. The molecule has 7 heteroatoms. The second-order valence-electron chi connectivity index (χ2n) is 7.74. The Labute approximate surface area is 199 Å². The molecule has 1 amide bonds. The standard InChI is InChI=1S/C26H28N2O4S/c1-3-24(30)25(19(2)29)27-26(31)21-10-8-20(9-11-21)6-4-5-7-22-12-13-23(33-22)18-28-14-16-32-17-15-28/h8-13,19,25,29H,3,14-18H2,1-2H3,(H,27,31)/t19-,25-/m0/s1. The molecule has 172 valence electrons. The zero-order valence-electron chi connectivity index (χ0n) is 18.9. The number of aliphatic hydroxyl groups excluding tert-OH is 1. The third kappa shape index (κ3) is 7.56. The highest BCUT2D eigenvalue weighted by Gasteiger charge is 2.24. The van der Waals surface area contributed by atoms with Crippen molar-refractivity contribution in [2.24, 2.45) is 0 Å². The van der Waals surface area contributed by atoms with Crippen molar-refractivity contribution in [3.05, 3.63) is 57.3 Å². The number of ketones is 1. The fraction of sp³-hybridized carbons (Fsp3) is 0.385. The monoisotopic (exact) mass is 464 g/mol. The van der Waals surface area contributed by atoms with Crippen LogP contribution >= 0.6 is 11.3 Å². The van der Waals surface area contributed by atoms with Crippen LogP contribution in [0.15, 0.2) is 36.4 Å². The molecule has 1 fully saturated rings. The molecule has 1 aliphatic heterocycles. The molecule has 6 nitrogen and oxygen atoms in total. The summed E-state index contributed by atoms with van der Waals surface area (Å²) < 4.78 is 5.38. The number of hydrogen-bond acceptors (Lipinski definition) is 6. The maximum absolute atomic E-state index is 12.4. The van der Waals surface area contributed by atoms with Crippen LogP contribution < -0.4 is 5.32 Å². The fourth-order valence-corrected chi connectivity index (χ4v) is 4.23. The molecule has 0 bridgehead atoms. The largest absolute Gasteiger partial charge is 0.391 e. The van der Waals surface area contributed by atoms with E-state index in [0.717, 1.165) is 43.3 Å². The van der Waals surface area contributed by atoms with Crippen LogP contribution in [0.25, 0.3) is 0 Å². The van der Waals surface area contributed by atoms with Crippen LogP contribution in [-0.2, 0) is 16.1 Å². The summed E-state index contributed by atoms with van der Waals surface area (Å²) in [5.41, 5.74) is 1.13. The number of Topliss-reactive ketones (excluding diaryl/α,β-unsaturated/α-hetero) is 1. The molecular weight excluding hydrogens is 436 g/mol. The van der Waals surface area contributed by atoms with Crippen LogP contribution in [0.4, 0.5) is 0 Å². The molecule has 1 aromatic carbocycles. The number of morpholine rings is 1. The van der Waals surface area contributed by atoms with E-state index in [-0.39, 0.29) is 12.2 Å². The van der Waals surface area contributed by atoms with E-state index < -0.39 is 18.1 Å². The van der Waals surface area contributed by atoms with Gasteiger partial charge in [0.1, 0.15) is 6.04 Å². The Bertz CT molecular complexity index is 1080. The van der Waals surface area contributed by atoms with Gasteiger partial charge in [0.25, 0.3) is 5.91 Å². The first-order valence-electron chi connectivity index (χ1n) is 11.0. The highest BCUT2D eigenvalue weighted by Crippen LogP contribution is 2.18. The van der Waals surface area contributed by atoms with Crippen LogP contribution in [0, 0.1) is 23.7 Å². The summed E-state index contributed by atoms with van der Waals surface area (Å²) in [4.78, 5) is 28.9. The van der Waals surface area contributed by atoms with Gasteiger partial charge in [-0.2, -0.15) is 0 Å². The van der Waals surface area contributed by atoms with E-state index in [1.165, 1.54) is 11.8 Å². The number of carbonyl (C=O) groups excluding carboxylic acids is 2. The molecule has 1 aromatic heterocycles. The molecule has 2 N–H and O–H groups in total. The van der Waals surface area contributed by atoms with Gasteiger partial charge >= 0.3 is 0 Å². The molecule has 2 aromatic rings. The number of nitrogens with zero attached hydrogens (tertiary/aromatic N) is 1. The minimum atomic E-state index is -0.955. The maximum Gasteiger partial charge on any atom is 0.251 e. The lowest BCUT2D eigenvalue weighted by Gasteiger charge is -2.25. The van der Waals surface area contributed by atoms with E-state index in [9.17, 15) is 14.7 Å². The number of hydrogen-bond donors (Lipinski definition) is 2. The number of nitrogens with one attached hydrogen (secondary N) is 1. The van der Waals surface area contributed by atoms with Crippen LogP contribution in [0.3, 0.4) is 0 Å². The Kier molecular flexibility index (Phi) is 9.24. The number of aliphatic hydroxyl groups is 1. The molecule has 0 radical (unpaired) electrons. The molecule has 1 saturated heterocycles. The van der Waals surface area contributed by atoms with Gasteiger partial charge in [-0.25, -0.2) is 0 Å². The van der Waals surface area contributed by atoms with E-state index in [0.29, 0.717) is 5.56 Å². The lowest BCUT2D eigenvalue weighted by atomic mass is 10.0. The van der Waals surface area contributed by atoms with E-state index in [2.05, 4.69) is 40.0 Å². The zero-order valence-corrected chi connectivity index (χ0v) is 19.7. The molecule has 33 heavy (non-hydrogen) atoms. The van der Waals surface area contributed by atoms with Crippen molar-refractivity contribution in [1.29, 1.82) is 0 Å². The predicted molar refractivity (Wildman–Crippen MR) is 129 cm³/mol. The van der Waals surface area contributed by atoms with E-state index >= 15 is 0 Å². The first kappa shape index (κ1) is 24.7. The lowest BCUT2D eigenvalue weighted by molar-refractivity contribution is -0.122. The van der Waals surface area contributed by atoms with Gasteiger partial charge in [0.15, 0.2) is 5.78 Å². The minimum Gasteiger partial charge on any atom is -0.391 e. The van der Waals surface area contributed by atoms with Crippen LogP contribution in [0.1, 0.15) is 45.9 Å². The van der Waals surface area contributed by atoms with Crippen LogP contribution in [0.2, 0.25) is 0 Å². The van der Waals surface area contributed by atoms with Gasteiger partial charge in [-0.05, 0) is 61.1 Å². The molecule has 0 unspecified atom stereocenters. The quantitative estimate of drug-likeness (QED) is 0.616. The van der Waals surface area contributed by atoms with Crippen molar-refractivity contribution in [3.63, 3.8) is 0 Å². The molecule has 2 atom stereocenters. The van der Waals surface area contributed by atoms with Crippen molar-refractivity contribution in [2.45, 2.75) is 39.0 Å². The average molecular weight is 465 g/mol. The SMILES string of the molecule is CCC(=O)[C@@H](NC(=O)c1ccc(C#CC#Cc2ccc(CN3CCOCC3)s2)cc1)[C@H](C)O. The predicted octanol–water partition coefficient (Wildman–Crippen LogP) is 2.44. The summed E-state index contributed by atoms with van der Waals surface area (Å²) in [5.74, 6) is 11.2. The van der Waals surface area contributed by atoms with Crippen LogP contribution in [0.5, 0.6) is 0 Å². The summed E-state index contributed by atoms with van der Waals surface area (Å²) in [5, 5.41) is 12.4. The third-order valence-electron chi connectivity index (χ3n) is 5.21. The summed E-state index contributed by atoms with van der Waals surface area (Å²) >= 11 is 1.68. The average Bonchev–Trinajstić information content (AvgIpc) is 3.27. The second-order valence-corrected chi connectivity index (χ2v) is 8.91. The Hall–Kier alpha value is -2.94. The van der Waals surface area contributed by atoms with Crippen molar-refractivity contribution in [3.8, 4) is 23.7 Å². The van der Waals surface area contributed by atoms with Crippen LogP contribution in [-0.4, -0.2) is 60.1 Å². The highest BCUT2D eigenvalue weighted by molar-refractivity contribution is 7.12. The second kappa shape index (κ2) is 12.3. The molecular formula is C26H28N2O4S. The van der Waals surface area contributed by atoms with E-state index in [1.807, 2.05) is 6.07 Å². The smallest absolute Gasteiger partial charge is 0.251 e. The van der Waals surface area contributed by atoms with Gasteiger partial charge in [0.05, 0.1) is 24.2 Å². The fourth-order valence-electron chi connectivity index (χ4n) is 3.33. The van der Waals surface area contributed by atoms with E-state index in [1.54, 1.807) is 42.5 Å². The summed E-state index contributed by atoms with van der Waals surface area (Å²) in [6.45, 7) is 7.61. The van der Waals surface area contributed by atoms with Crippen molar-refractivity contribution in [1.82, 2.24) is 10.2 Å². The highest BCUT2D eigenvalue weighted by atomic mass is 32.1. The van der Waals surface area contributed by atoms with Crippen molar-refractivity contribution >= 4 is 23.0 Å². The minimum absolute atomic E-state index is 0.210. The Morgan fingerprint density at radius 1 is 1.12 bits per heavy atom. The third-order valence-corrected chi connectivity index (χ3v) is 6.20. The summed E-state index contributed by atoms with van der Waals surface area (Å²) in [6.07, 6.45) is -0.713. The van der Waals surface area contributed by atoms with Gasteiger partial charge in [-0.15, -0.1) is 11.3 Å². The molecule has 0 aliphatic carbocycles. The zero-order chi connectivity index (χ0) is 23.6. The summed E-state index contributed by atoms with van der Waals surface area (Å²) in [7, 11) is 0. The van der Waals surface area contributed by atoms with Crippen molar-refractivity contribution < 1.29 is 19.4 Å². The molecule has 2 heterocycles. The number of carbonyl (C=O) groups is 2. The first-order valence-corrected chi connectivity index (χ1v) is 11.8. The maximum atomic E-state index is 12.4. The van der Waals surface area contributed by atoms with Crippen molar-refractivity contribution in [2.75, 3.05) is 26.3 Å². The Morgan fingerprint density at radius 3 is 2.48 bits per heavy atom. The summed E-state index contributed by atoms with van der Waals surface area (Å²) in [6, 6.07) is 9.95. The molecule has 1 aliphatic rings. The topological polar surface area (TPSA) is 78.9 Å². The molecule has 0 spiro atoms. The number of ether oxygens (including phenoxy) is 1. The van der Waals surface area contributed by atoms with E-state index in [4.69, 9.17) is 4.74 Å². The van der Waals surface area contributed by atoms with Gasteiger partial charge in [0, 0.05) is 42.1 Å². The number of rotatable bonds is 7. The van der Waals surface area contributed by atoms with Gasteiger partial charge < -0.3 is 15.2 Å². The number of thiophene rings is 1. The van der Waals surface area contributed by atoms with Gasteiger partial charge in [-0.3, -0.25) is 14.5 Å². The lowest BCUT2D eigenvalue weighted by Crippen LogP contribution is -2.47. The normalized spacial score (nSPS) is 15.4. The number of benzene rings is 1. The number of amides is 1.